The second-order valence-corrected chi connectivity index (χ2v) is 7.54. The third-order valence-electron chi connectivity index (χ3n) is 5.15. The molecule has 0 saturated heterocycles. The van der Waals surface area contributed by atoms with Crippen LogP contribution in [0, 0.1) is 19.8 Å². The van der Waals surface area contributed by atoms with E-state index in [4.69, 9.17) is 4.52 Å². The zero-order valence-electron chi connectivity index (χ0n) is 15.7. The minimum atomic E-state index is 0.161. The minimum absolute atomic E-state index is 0.161. The number of carbonyl (C=O) groups excluding carboxylic acids is 1. The van der Waals surface area contributed by atoms with Crippen LogP contribution in [-0.2, 0) is 11.3 Å². The van der Waals surface area contributed by atoms with Crippen LogP contribution in [0.25, 0.3) is 11.3 Å². The lowest BCUT2D eigenvalue weighted by Gasteiger charge is -2.28. The van der Waals surface area contributed by atoms with Crippen molar-refractivity contribution < 1.29 is 9.32 Å². The maximum atomic E-state index is 12.8. The Morgan fingerprint density at radius 1 is 1.24 bits per heavy atom. The molecule has 4 nitrogen and oxygen atoms in total. The Morgan fingerprint density at radius 2 is 1.96 bits per heavy atom. The summed E-state index contributed by atoms with van der Waals surface area (Å²) in [5.41, 5.74) is 4.28. The zero-order chi connectivity index (χ0) is 18.0. The molecule has 1 aromatic heterocycles. The molecule has 1 aliphatic rings. The van der Waals surface area contributed by atoms with Gasteiger partial charge in [0.05, 0.1) is 6.54 Å². The molecule has 0 spiro atoms. The van der Waals surface area contributed by atoms with Gasteiger partial charge in [-0.3, -0.25) is 4.79 Å². The van der Waals surface area contributed by atoms with Crippen molar-refractivity contribution in [3.63, 3.8) is 0 Å². The number of benzene rings is 1. The molecule has 0 aliphatic heterocycles. The van der Waals surface area contributed by atoms with Crippen LogP contribution < -0.4 is 0 Å². The van der Waals surface area contributed by atoms with Gasteiger partial charge in [-0.25, -0.2) is 0 Å². The van der Waals surface area contributed by atoms with Gasteiger partial charge in [0.15, 0.2) is 5.76 Å². The van der Waals surface area contributed by atoms with Crippen LogP contribution >= 0.6 is 0 Å². The first-order valence-corrected chi connectivity index (χ1v) is 9.29. The van der Waals surface area contributed by atoms with Gasteiger partial charge in [0.25, 0.3) is 0 Å². The number of carbonyl (C=O) groups is 1. The maximum Gasteiger partial charge on any atom is 0.226 e. The van der Waals surface area contributed by atoms with Crippen molar-refractivity contribution in [1.82, 2.24) is 10.1 Å². The fourth-order valence-corrected chi connectivity index (χ4v) is 3.70. The van der Waals surface area contributed by atoms with E-state index >= 15 is 0 Å². The summed E-state index contributed by atoms with van der Waals surface area (Å²) in [6, 6.07) is 8.42. The van der Waals surface area contributed by atoms with E-state index in [1.807, 2.05) is 11.0 Å². The van der Waals surface area contributed by atoms with Gasteiger partial charge in [0, 0.05) is 23.6 Å². The van der Waals surface area contributed by atoms with Crippen LogP contribution in [0.3, 0.4) is 0 Å². The lowest BCUT2D eigenvalue weighted by atomic mass is 10.0. The molecule has 1 aromatic carbocycles. The predicted octanol–water partition coefficient (Wildman–Crippen LogP) is 4.89. The highest BCUT2D eigenvalue weighted by Crippen LogP contribution is 2.29. The Balaban J connectivity index is 1.77. The molecule has 3 rings (SSSR count). The van der Waals surface area contributed by atoms with E-state index in [2.05, 4.69) is 51.1 Å². The van der Waals surface area contributed by atoms with Crippen molar-refractivity contribution in [3.8, 4) is 11.3 Å². The Kier molecular flexibility index (Phi) is 5.26. The summed E-state index contributed by atoms with van der Waals surface area (Å²) in [6.45, 7) is 8.81. The minimum Gasteiger partial charge on any atom is -0.356 e. The predicted molar refractivity (Wildman–Crippen MR) is 99.1 cm³/mol. The van der Waals surface area contributed by atoms with Crippen molar-refractivity contribution in [1.29, 1.82) is 0 Å². The van der Waals surface area contributed by atoms with Crippen LogP contribution in [0.1, 0.15) is 56.4 Å². The molecule has 1 heterocycles. The van der Waals surface area contributed by atoms with E-state index in [9.17, 15) is 4.79 Å². The molecule has 4 heteroatoms. The fourth-order valence-electron chi connectivity index (χ4n) is 3.70. The van der Waals surface area contributed by atoms with E-state index < -0.39 is 0 Å². The molecule has 1 aliphatic carbocycles. The van der Waals surface area contributed by atoms with Crippen LogP contribution in [0.15, 0.2) is 28.8 Å². The van der Waals surface area contributed by atoms with Crippen molar-refractivity contribution in [2.75, 3.05) is 0 Å². The zero-order valence-corrected chi connectivity index (χ0v) is 15.7. The molecule has 2 aromatic rings. The van der Waals surface area contributed by atoms with Gasteiger partial charge in [-0.2, -0.15) is 0 Å². The Labute approximate surface area is 150 Å². The molecule has 134 valence electrons. The quantitative estimate of drug-likeness (QED) is 0.779. The van der Waals surface area contributed by atoms with Crippen molar-refractivity contribution >= 4 is 5.91 Å². The van der Waals surface area contributed by atoms with Gasteiger partial charge in [0.1, 0.15) is 5.69 Å². The summed E-state index contributed by atoms with van der Waals surface area (Å²) in [4.78, 5) is 14.8. The van der Waals surface area contributed by atoms with Crippen LogP contribution in [0.4, 0.5) is 0 Å². The molecular formula is C21H28N2O2. The van der Waals surface area contributed by atoms with Gasteiger partial charge in [0.2, 0.25) is 5.91 Å². The first-order valence-electron chi connectivity index (χ1n) is 9.29. The molecule has 1 saturated carbocycles. The van der Waals surface area contributed by atoms with Crippen LogP contribution in [0.2, 0.25) is 0 Å². The average Bonchev–Trinajstić information content (AvgIpc) is 3.23. The summed E-state index contributed by atoms with van der Waals surface area (Å²) in [5.74, 6) is 1.22. The number of nitrogens with zero attached hydrogens (tertiary/aromatic N) is 2. The second-order valence-electron chi connectivity index (χ2n) is 7.54. The SMILES string of the molecule is Cc1ccc(-c2cc(CN(C(=O)C3CCCC3)C(C)C)no2)c(C)c1. The molecule has 1 fully saturated rings. The van der Waals surface area contributed by atoms with Crippen molar-refractivity contribution in [2.45, 2.75) is 66.0 Å². The topological polar surface area (TPSA) is 46.3 Å². The van der Waals surface area contributed by atoms with Gasteiger partial charge in [-0.05, 0) is 46.1 Å². The van der Waals surface area contributed by atoms with E-state index in [1.165, 1.54) is 24.0 Å². The largest absolute Gasteiger partial charge is 0.356 e. The van der Waals surface area contributed by atoms with E-state index in [0.717, 1.165) is 29.9 Å². The third kappa shape index (κ3) is 3.94. The highest BCUT2D eigenvalue weighted by atomic mass is 16.5. The van der Waals surface area contributed by atoms with E-state index in [-0.39, 0.29) is 17.9 Å². The van der Waals surface area contributed by atoms with E-state index in [0.29, 0.717) is 6.54 Å². The number of rotatable bonds is 5. The molecule has 0 N–H and O–H groups in total. The molecule has 0 radical (unpaired) electrons. The molecular weight excluding hydrogens is 312 g/mol. The first kappa shape index (κ1) is 17.7. The second kappa shape index (κ2) is 7.42. The Hall–Kier alpha value is -2.10. The summed E-state index contributed by atoms with van der Waals surface area (Å²) in [6.07, 6.45) is 4.38. The lowest BCUT2D eigenvalue weighted by molar-refractivity contribution is -0.137. The summed E-state index contributed by atoms with van der Waals surface area (Å²) in [7, 11) is 0. The standard InChI is InChI=1S/C21H28N2O2/c1-14(2)23(21(24)17-7-5-6-8-17)13-18-12-20(25-22-18)19-10-9-15(3)11-16(19)4/h9-12,14,17H,5-8,13H2,1-4H3. The number of hydrogen-bond acceptors (Lipinski definition) is 3. The fraction of sp³-hybridized carbons (Fsp3) is 0.524. The summed E-state index contributed by atoms with van der Waals surface area (Å²) in [5, 5.41) is 4.22. The highest BCUT2D eigenvalue weighted by Gasteiger charge is 2.29. The highest BCUT2D eigenvalue weighted by molar-refractivity contribution is 5.79. The third-order valence-corrected chi connectivity index (χ3v) is 5.15. The molecule has 1 amide bonds. The molecule has 0 unspecified atom stereocenters. The summed E-state index contributed by atoms with van der Waals surface area (Å²) >= 11 is 0. The normalized spacial score (nSPS) is 15.1. The van der Waals surface area contributed by atoms with Crippen molar-refractivity contribution in [3.05, 3.63) is 41.1 Å². The molecule has 0 bridgehead atoms. The first-order chi connectivity index (χ1) is 12.0. The smallest absolute Gasteiger partial charge is 0.226 e. The van der Waals surface area contributed by atoms with Crippen LogP contribution in [-0.4, -0.2) is 22.0 Å². The maximum absolute atomic E-state index is 12.8. The van der Waals surface area contributed by atoms with Gasteiger partial charge in [-0.15, -0.1) is 0 Å². The van der Waals surface area contributed by atoms with Gasteiger partial charge < -0.3 is 9.42 Å². The van der Waals surface area contributed by atoms with Gasteiger partial charge in [-0.1, -0.05) is 41.8 Å². The average molecular weight is 340 g/mol. The van der Waals surface area contributed by atoms with Crippen molar-refractivity contribution in [2.24, 2.45) is 5.92 Å². The number of amides is 1. The molecule has 25 heavy (non-hydrogen) atoms. The molecule has 0 atom stereocenters. The number of aryl methyl sites for hydroxylation is 2. The Morgan fingerprint density at radius 3 is 2.60 bits per heavy atom. The Bertz CT molecular complexity index is 742. The van der Waals surface area contributed by atoms with Gasteiger partial charge >= 0.3 is 0 Å². The lowest BCUT2D eigenvalue weighted by Crippen LogP contribution is -2.39. The summed E-state index contributed by atoms with van der Waals surface area (Å²) < 4.78 is 5.57. The van der Waals surface area contributed by atoms with Crippen LogP contribution in [0.5, 0.6) is 0 Å². The monoisotopic (exact) mass is 340 g/mol. The number of hydrogen-bond donors (Lipinski definition) is 0. The number of aromatic nitrogens is 1. The van der Waals surface area contributed by atoms with E-state index in [1.54, 1.807) is 0 Å².